The molecule has 0 bridgehead atoms. The van der Waals surface area contributed by atoms with E-state index in [1.54, 1.807) is 5.56 Å². The molecule has 2 unspecified atom stereocenters. The zero-order valence-corrected chi connectivity index (χ0v) is 50.1. The predicted octanol–water partition coefficient (Wildman–Crippen LogP) is 17.8. The highest BCUT2D eigenvalue weighted by atomic mass is 16.3. The number of anilines is 5. The molecule has 396 valence electrons. The minimum Gasteiger partial charge on any atom is -0.454 e. The number of rotatable bonds is 3. The normalized spacial score (nSPS) is 23.0. The average Bonchev–Trinajstić information content (AvgIpc) is 3.81. The maximum absolute atomic E-state index is 7.20. The quantitative estimate of drug-likeness (QED) is 0.165. The number of fused-ring (bicyclic) bond motifs is 14. The van der Waals surface area contributed by atoms with Crippen LogP contribution in [0.15, 0.2) is 89.3 Å². The molecule has 6 aromatic carbocycles. The second-order valence-corrected chi connectivity index (χ2v) is 30.7. The summed E-state index contributed by atoms with van der Waals surface area (Å²) in [5.74, 6) is 0. The van der Waals surface area contributed by atoms with Crippen molar-refractivity contribution in [3.05, 3.63) is 135 Å². The van der Waals surface area contributed by atoms with Crippen LogP contribution in [-0.4, -0.2) is 16.8 Å². The highest BCUT2D eigenvalue weighted by Crippen LogP contribution is 2.63. The van der Waals surface area contributed by atoms with E-state index in [-0.39, 0.29) is 50.2 Å². The highest BCUT2D eigenvalue weighted by Gasteiger charge is 2.62. The molecule has 3 aliphatic heterocycles. The minimum atomic E-state index is -0.146. The van der Waals surface area contributed by atoms with Crippen LogP contribution in [0.25, 0.3) is 38.7 Å². The lowest BCUT2D eigenvalue weighted by molar-refractivity contribution is 0.195. The molecule has 1 saturated carbocycles. The van der Waals surface area contributed by atoms with E-state index in [9.17, 15) is 0 Å². The summed E-state index contributed by atoms with van der Waals surface area (Å²) in [6.07, 6.45) is 9.53. The van der Waals surface area contributed by atoms with Crippen molar-refractivity contribution in [2.75, 3.05) is 9.80 Å². The van der Waals surface area contributed by atoms with Crippen molar-refractivity contribution in [1.82, 2.24) is 4.57 Å². The molecule has 6 aliphatic rings. The SMILES string of the molecule is Cc1cc2c(cc1N(c1cc3c4c(c1)-n1c5c(cc(C(C)(C)C)cc5c5oc6ccccc6c51)B4c1cc(C(C)(C)C)cc4c1N3C1(C)CCCCC41C)c1ccc3c(c1C)C(C)(C)CCC3(C)C)C(C)(C)CCC2(C)C. The smallest absolute Gasteiger partial charge is 0.252 e. The van der Waals surface area contributed by atoms with Crippen LogP contribution in [0.4, 0.5) is 28.4 Å². The molecule has 5 heteroatoms. The van der Waals surface area contributed by atoms with Gasteiger partial charge in [-0.15, -0.1) is 0 Å². The molecular formula is C72H84BN3O. The molecule has 0 N–H and O–H groups in total. The van der Waals surface area contributed by atoms with E-state index in [1.165, 1.54) is 162 Å². The summed E-state index contributed by atoms with van der Waals surface area (Å²) >= 11 is 0. The Labute approximate surface area is 461 Å². The standard InChI is InChI=1S/C72H84BN3O/c1-41-33-49-50(69(13,14)30-29-68(49,11)12)40-55(41)74(54-26-25-48-59(42(54)2)70(15,16)32-31-67(48,9)10)45-38-56-60-57(39-45)76-63-51(71(17)27-21-22-28-72(71,76)18)35-44(66(6,7)8)37-53(63)73(60)52-36-43(65(3,4)5)34-47-61(52)75(56)62-46-23-19-20-24-58(46)77-64(47)62/h19-20,23-26,33-40H,21-22,27-32H2,1-18H3. The van der Waals surface area contributed by atoms with Crippen LogP contribution in [0.1, 0.15) is 212 Å². The molecule has 0 saturated heterocycles. The van der Waals surface area contributed by atoms with Crippen molar-refractivity contribution >= 4 is 84.5 Å². The van der Waals surface area contributed by atoms with Crippen molar-refractivity contribution in [2.24, 2.45) is 0 Å². The van der Waals surface area contributed by atoms with Crippen LogP contribution in [-0.2, 0) is 37.9 Å². The molecule has 4 nitrogen and oxygen atoms in total. The first-order valence-corrected chi connectivity index (χ1v) is 29.8. The molecular weight excluding hydrogens is 934 g/mol. The van der Waals surface area contributed by atoms with Crippen molar-refractivity contribution in [3.63, 3.8) is 0 Å². The van der Waals surface area contributed by atoms with Crippen molar-refractivity contribution in [3.8, 4) is 5.69 Å². The summed E-state index contributed by atoms with van der Waals surface area (Å²) in [5.41, 5.74) is 29.8. The number of para-hydroxylation sites is 1. The van der Waals surface area contributed by atoms with Gasteiger partial charge in [0.25, 0.3) is 6.71 Å². The van der Waals surface area contributed by atoms with Crippen LogP contribution in [0.3, 0.4) is 0 Å². The van der Waals surface area contributed by atoms with Gasteiger partial charge in [-0.25, -0.2) is 0 Å². The lowest BCUT2D eigenvalue weighted by atomic mass is 9.33. The fourth-order valence-corrected chi connectivity index (χ4v) is 16.9. The van der Waals surface area contributed by atoms with Gasteiger partial charge >= 0.3 is 0 Å². The zero-order valence-electron chi connectivity index (χ0n) is 50.1. The van der Waals surface area contributed by atoms with E-state index in [2.05, 4.69) is 224 Å². The van der Waals surface area contributed by atoms with E-state index >= 15 is 0 Å². The Morgan fingerprint density at radius 1 is 0.545 bits per heavy atom. The second-order valence-electron chi connectivity index (χ2n) is 30.7. The van der Waals surface area contributed by atoms with Crippen LogP contribution < -0.4 is 26.2 Å². The van der Waals surface area contributed by atoms with Gasteiger partial charge < -0.3 is 18.8 Å². The van der Waals surface area contributed by atoms with Crippen LogP contribution in [0.2, 0.25) is 0 Å². The number of hydrogen-bond acceptors (Lipinski definition) is 3. The van der Waals surface area contributed by atoms with Crippen molar-refractivity contribution < 1.29 is 4.42 Å². The van der Waals surface area contributed by atoms with Gasteiger partial charge in [-0.3, -0.25) is 0 Å². The molecule has 8 aromatic rings. The third-order valence-electron chi connectivity index (χ3n) is 22.0. The van der Waals surface area contributed by atoms with E-state index in [0.717, 1.165) is 17.6 Å². The Bertz CT molecular complexity index is 3920. The Balaban J connectivity index is 1.18. The molecule has 2 aromatic heterocycles. The van der Waals surface area contributed by atoms with Crippen molar-refractivity contribution in [1.29, 1.82) is 0 Å². The van der Waals surface area contributed by atoms with Crippen molar-refractivity contribution in [2.45, 2.75) is 219 Å². The van der Waals surface area contributed by atoms with Crippen LogP contribution in [0.5, 0.6) is 0 Å². The van der Waals surface area contributed by atoms with E-state index < -0.39 is 0 Å². The first-order valence-electron chi connectivity index (χ1n) is 29.8. The first-order chi connectivity index (χ1) is 36.0. The Kier molecular flexibility index (Phi) is 9.77. The minimum absolute atomic E-state index is 0.0201. The molecule has 77 heavy (non-hydrogen) atoms. The molecule has 0 spiro atoms. The highest BCUT2D eigenvalue weighted by molar-refractivity contribution is 7.00. The summed E-state index contributed by atoms with van der Waals surface area (Å²) in [7, 11) is 0. The predicted molar refractivity (Wildman–Crippen MR) is 330 cm³/mol. The summed E-state index contributed by atoms with van der Waals surface area (Å²) in [6, 6.07) is 34.9. The summed E-state index contributed by atoms with van der Waals surface area (Å²) in [5, 5.41) is 2.39. The van der Waals surface area contributed by atoms with Gasteiger partial charge in [0.05, 0.1) is 16.7 Å². The van der Waals surface area contributed by atoms with Gasteiger partial charge in [0.15, 0.2) is 5.58 Å². The Morgan fingerprint density at radius 3 is 1.86 bits per heavy atom. The third-order valence-corrected chi connectivity index (χ3v) is 22.0. The molecule has 14 rings (SSSR count). The molecule has 0 radical (unpaired) electrons. The Hall–Kier alpha value is -5.68. The largest absolute Gasteiger partial charge is 0.454 e. The zero-order chi connectivity index (χ0) is 54.4. The number of aryl methyl sites for hydroxylation is 1. The van der Waals surface area contributed by atoms with E-state index in [1.807, 2.05) is 0 Å². The fourth-order valence-electron chi connectivity index (χ4n) is 16.9. The topological polar surface area (TPSA) is 24.6 Å². The van der Waals surface area contributed by atoms with E-state index in [0.29, 0.717) is 0 Å². The molecule has 0 amide bonds. The van der Waals surface area contributed by atoms with Gasteiger partial charge in [-0.2, -0.15) is 0 Å². The number of aromatic nitrogens is 1. The van der Waals surface area contributed by atoms with Crippen LogP contribution in [0, 0.1) is 13.8 Å². The summed E-state index contributed by atoms with van der Waals surface area (Å²) in [4.78, 5) is 5.72. The lowest BCUT2D eigenvalue weighted by Crippen LogP contribution is -2.64. The summed E-state index contributed by atoms with van der Waals surface area (Å²) in [6.45, 7) is 44.6. The van der Waals surface area contributed by atoms with E-state index in [4.69, 9.17) is 4.42 Å². The Morgan fingerprint density at radius 2 is 1.16 bits per heavy atom. The molecule has 5 heterocycles. The molecule has 2 atom stereocenters. The molecule has 1 fully saturated rings. The fraction of sp³-hybridized carbons (Fsp3) is 0.472. The third kappa shape index (κ3) is 6.41. The maximum atomic E-state index is 7.20. The van der Waals surface area contributed by atoms with Gasteiger partial charge in [0, 0.05) is 44.6 Å². The first kappa shape index (κ1) is 49.6. The number of furan rings is 1. The number of nitrogens with zero attached hydrogens (tertiary/aromatic N) is 3. The second kappa shape index (κ2) is 15.2. The maximum Gasteiger partial charge on any atom is 0.252 e. The molecule has 3 aliphatic carbocycles. The van der Waals surface area contributed by atoms with Gasteiger partial charge in [-0.1, -0.05) is 159 Å². The monoisotopic (exact) mass is 1020 g/mol. The average molecular weight is 1020 g/mol. The number of hydrogen-bond donors (Lipinski definition) is 0. The number of benzene rings is 6. The van der Waals surface area contributed by atoms with Gasteiger partial charge in [0.2, 0.25) is 0 Å². The van der Waals surface area contributed by atoms with Gasteiger partial charge in [0.1, 0.15) is 11.1 Å². The van der Waals surface area contributed by atoms with Crippen LogP contribution >= 0.6 is 0 Å². The lowest BCUT2D eigenvalue weighted by Gasteiger charge is -2.52. The summed E-state index contributed by atoms with van der Waals surface area (Å²) < 4.78 is 9.90. The van der Waals surface area contributed by atoms with Gasteiger partial charge in [-0.05, 0) is 201 Å².